The summed E-state index contributed by atoms with van der Waals surface area (Å²) in [6.45, 7) is 3.28. The van der Waals surface area contributed by atoms with Crippen LogP contribution in [0.2, 0.25) is 0 Å². The van der Waals surface area contributed by atoms with Crippen LogP contribution < -0.4 is 10.3 Å². The van der Waals surface area contributed by atoms with Crippen molar-refractivity contribution in [2.24, 2.45) is 0 Å². The molecule has 0 fully saturated rings. The van der Waals surface area contributed by atoms with Crippen LogP contribution in [0.1, 0.15) is 30.7 Å². The molecule has 0 aliphatic rings. The lowest BCUT2D eigenvalue weighted by Crippen LogP contribution is -2.23. The van der Waals surface area contributed by atoms with Gasteiger partial charge in [-0.25, -0.2) is 0 Å². The molecule has 6 nitrogen and oxygen atoms in total. The number of hydrogen-bond acceptors (Lipinski definition) is 5. The van der Waals surface area contributed by atoms with E-state index in [1.165, 1.54) is 22.8 Å². The molecule has 1 unspecified atom stereocenters. The molecule has 27 heavy (non-hydrogen) atoms. The summed E-state index contributed by atoms with van der Waals surface area (Å²) >= 11 is 0. The zero-order chi connectivity index (χ0) is 20.2. The number of nitrogens with zero attached hydrogens (tertiary/aromatic N) is 1. The van der Waals surface area contributed by atoms with Gasteiger partial charge >= 0.3 is 12.3 Å². The summed E-state index contributed by atoms with van der Waals surface area (Å²) in [5.74, 6) is -1.09. The number of aryl methyl sites for hydroxylation is 1. The highest BCUT2D eigenvalue weighted by molar-refractivity contribution is 5.69. The Balaban J connectivity index is 1.93. The summed E-state index contributed by atoms with van der Waals surface area (Å²) in [5.41, 5.74) is 0.561. The second-order valence-electron chi connectivity index (χ2n) is 5.84. The van der Waals surface area contributed by atoms with Crippen LogP contribution in [0.4, 0.5) is 13.2 Å². The molecule has 1 N–H and O–H groups in total. The van der Waals surface area contributed by atoms with Crippen molar-refractivity contribution in [1.29, 1.82) is 0 Å². The minimum absolute atomic E-state index is 0.0782. The van der Waals surface area contributed by atoms with Gasteiger partial charge in [0.15, 0.2) is 0 Å². The molecule has 0 spiro atoms. The highest BCUT2D eigenvalue weighted by Gasteiger charge is 2.31. The number of pyridine rings is 1. The number of hydrogen-bond donors (Lipinski definition) is 1. The number of benzene rings is 1. The molecular formula is C18H18F3NO5. The Hall–Kier alpha value is -2.97. The van der Waals surface area contributed by atoms with Crippen LogP contribution in [0.5, 0.6) is 11.5 Å². The smallest absolute Gasteiger partial charge is 0.508 e. The van der Waals surface area contributed by atoms with Gasteiger partial charge in [0.05, 0.1) is 6.42 Å². The molecule has 0 bridgehead atoms. The molecule has 146 valence electrons. The van der Waals surface area contributed by atoms with Crippen LogP contribution in [0.3, 0.4) is 0 Å². The van der Waals surface area contributed by atoms with Crippen molar-refractivity contribution in [2.45, 2.75) is 39.3 Å². The van der Waals surface area contributed by atoms with E-state index >= 15 is 0 Å². The van der Waals surface area contributed by atoms with Crippen molar-refractivity contribution >= 4 is 5.97 Å². The summed E-state index contributed by atoms with van der Waals surface area (Å²) in [6.07, 6.45) is -5.54. The Morgan fingerprint density at radius 1 is 1.22 bits per heavy atom. The van der Waals surface area contributed by atoms with Crippen molar-refractivity contribution in [1.82, 2.24) is 4.57 Å². The van der Waals surface area contributed by atoms with E-state index in [4.69, 9.17) is 4.74 Å². The van der Waals surface area contributed by atoms with Crippen molar-refractivity contribution in [3.8, 4) is 11.5 Å². The van der Waals surface area contributed by atoms with Crippen LogP contribution in [0.15, 0.2) is 41.2 Å². The lowest BCUT2D eigenvalue weighted by molar-refractivity contribution is -0.274. The fraction of sp³-hybridized carbons (Fsp3) is 0.333. The summed E-state index contributed by atoms with van der Waals surface area (Å²) in [4.78, 5) is 23.8. The molecule has 1 atom stereocenters. The maximum Gasteiger partial charge on any atom is 0.573 e. The van der Waals surface area contributed by atoms with Gasteiger partial charge in [-0.3, -0.25) is 9.59 Å². The number of ether oxygens (including phenoxy) is 2. The van der Waals surface area contributed by atoms with E-state index in [1.54, 1.807) is 13.8 Å². The molecule has 0 saturated heterocycles. The van der Waals surface area contributed by atoms with Crippen molar-refractivity contribution in [2.75, 3.05) is 0 Å². The second-order valence-corrected chi connectivity index (χ2v) is 5.84. The minimum atomic E-state index is -4.77. The molecule has 0 amide bonds. The summed E-state index contributed by atoms with van der Waals surface area (Å²) < 4.78 is 46.8. The third-order valence-corrected chi connectivity index (χ3v) is 3.75. The standard InChI is InChI=1S/C18H18F3NO5/c1-11-9-14(23)10-16(24)22(11)8-7-17(25)26-12(2)13-3-5-15(6-4-13)27-18(19,20)21/h3-6,9-10,12,23H,7-8H2,1-2H3. The molecular weight excluding hydrogens is 367 g/mol. The Morgan fingerprint density at radius 3 is 2.41 bits per heavy atom. The first-order valence-electron chi connectivity index (χ1n) is 8.01. The maximum absolute atomic E-state index is 12.1. The molecule has 9 heteroatoms. The van der Waals surface area contributed by atoms with Gasteiger partial charge in [0.25, 0.3) is 5.56 Å². The van der Waals surface area contributed by atoms with Crippen LogP contribution in [-0.2, 0) is 16.1 Å². The minimum Gasteiger partial charge on any atom is -0.508 e. The van der Waals surface area contributed by atoms with E-state index in [0.717, 1.165) is 18.2 Å². The molecule has 0 radical (unpaired) electrons. The monoisotopic (exact) mass is 385 g/mol. The number of rotatable bonds is 6. The number of aromatic hydroxyl groups is 1. The zero-order valence-electron chi connectivity index (χ0n) is 14.6. The maximum atomic E-state index is 12.1. The van der Waals surface area contributed by atoms with E-state index in [1.807, 2.05) is 0 Å². The quantitative estimate of drug-likeness (QED) is 0.771. The van der Waals surface area contributed by atoms with Crippen LogP contribution in [-0.4, -0.2) is 22.0 Å². The zero-order valence-corrected chi connectivity index (χ0v) is 14.6. The molecule has 2 aromatic rings. The number of esters is 1. The van der Waals surface area contributed by atoms with Gasteiger partial charge in [0.2, 0.25) is 0 Å². The van der Waals surface area contributed by atoms with Crippen LogP contribution in [0, 0.1) is 6.92 Å². The number of aromatic nitrogens is 1. The van der Waals surface area contributed by atoms with Crippen molar-refractivity contribution in [3.05, 3.63) is 58.0 Å². The normalized spacial score (nSPS) is 12.5. The van der Waals surface area contributed by atoms with E-state index in [0.29, 0.717) is 11.3 Å². The molecule has 0 saturated carbocycles. The number of carbonyl (C=O) groups excluding carboxylic acids is 1. The second kappa shape index (κ2) is 8.15. The van der Waals surface area contributed by atoms with E-state index in [-0.39, 0.29) is 24.5 Å². The first kappa shape index (κ1) is 20.3. The van der Waals surface area contributed by atoms with Crippen LogP contribution in [0.25, 0.3) is 0 Å². The molecule has 0 aliphatic heterocycles. The number of carbonyl (C=O) groups is 1. The summed E-state index contributed by atoms with van der Waals surface area (Å²) in [5, 5.41) is 9.35. The SMILES string of the molecule is Cc1cc(O)cc(=O)n1CCC(=O)OC(C)c1ccc(OC(F)(F)F)cc1. The topological polar surface area (TPSA) is 77.8 Å². The fourth-order valence-electron chi connectivity index (χ4n) is 2.47. The molecule has 2 rings (SSSR count). The van der Waals surface area contributed by atoms with Gasteiger partial charge in [-0.1, -0.05) is 12.1 Å². The Morgan fingerprint density at radius 2 is 1.85 bits per heavy atom. The van der Waals surface area contributed by atoms with Crippen molar-refractivity contribution < 1.29 is 32.5 Å². The summed E-state index contributed by atoms with van der Waals surface area (Å²) in [6, 6.07) is 7.45. The molecule has 1 aromatic heterocycles. The van der Waals surface area contributed by atoms with Gasteiger partial charge < -0.3 is 19.1 Å². The lowest BCUT2D eigenvalue weighted by Gasteiger charge is -2.15. The fourth-order valence-corrected chi connectivity index (χ4v) is 2.47. The van der Waals surface area contributed by atoms with Gasteiger partial charge in [-0.15, -0.1) is 13.2 Å². The predicted molar refractivity (Wildman–Crippen MR) is 89.4 cm³/mol. The molecule has 1 aromatic carbocycles. The average Bonchev–Trinajstić information content (AvgIpc) is 2.52. The molecule has 1 heterocycles. The van der Waals surface area contributed by atoms with Gasteiger partial charge in [0.1, 0.15) is 17.6 Å². The predicted octanol–water partition coefficient (Wildman–Crippen LogP) is 3.46. The van der Waals surface area contributed by atoms with Gasteiger partial charge in [-0.05, 0) is 37.6 Å². The highest BCUT2D eigenvalue weighted by Crippen LogP contribution is 2.25. The largest absolute Gasteiger partial charge is 0.573 e. The Labute approximate surface area is 152 Å². The number of halogens is 3. The Kier molecular flexibility index (Phi) is 6.14. The third kappa shape index (κ3) is 6.05. The van der Waals surface area contributed by atoms with E-state index in [9.17, 15) is 27.9 Å². The van der Waals surface area contributed by atoms with Crippen molar-refractivity contribution in [3.63, 3.8) is 0 Å². The molecule has 0 aliphatic carbocycles. The van der Waals surface area contributed by atoms with Gasteiger partial charge in [0, 0.05) is 18.3 Å². The Bertz CT molecular complexity index is 859. The first-order valence-corrected chi connectivity index (χ1v) is 8.01. The van der Waals surface area contributed by atoms with E-state index in [2.05, 4.69) is 4.74 Å². The lowest BCUT2D eigenvalue weighted by atomic mass is 10.1. The number of alkyl halides is 3. The van der Waals surface area contributed by atoms with Gasteiger partial charge in [-0.2, -0.15) is 0 Å². The first-order chi connectivity index (χ1) is 12.5. The van der Waals surface area contributed by atoms with E-state index < -0.39 is 24.0 Å². The average molecular weight is 385 g/mol. The summed E-state index contributed by atoms with van der Waals surface area (Å²) in [7, 11) is 0. The highest BCUT2D eigenvalue weighted by atomic mass is 19.4. The third-order valence-electron chi connectivity index (χ3n) is 3.75. The van der Waals surface area contributed by atoms with Crippen LogP contribution >= 0.6 is 0 Å².